The van der Waals surface area contributed by atoms with E-state index in [0.717, 1.165) is 0 Å². The molecule has 0 fully saturated rings. The van der Waals surface area contributed by atoms with Gasteiger partial charge in [-0.15, -0.1) is 0 Å². The number of aromatic amines is 1. The molecule has 0 saturated heterocycles. The molecule has 0 aromatic carbocycles. The van der Waals surface area contributed by atoms with Gasteiger partial charge in [0, 0.05) is 18.3 Å². The van der Waals surface area contributed by atoms with Crippen molar-refractivity contribution in [1.82, 2.24) is 25.9 Å². The Balaban J connectivity index is 2.76. The monoisotopic (exact) mass is 441 g/mol. The molecule has 0 spiro atoms. The molecule has 172 valence electrons. The minimum atomic E-state index is -1.59. The van der Waals surface area contributed by atoms with Crippen molar-refractivity contribution in [3.8, 4) is 0 Å². The van der Waals surface area contributed by atoms with Crippen LogP contribution in [0.25, 0.3) is 0 Å². The largest absolute Gasteiger partial charge is 0.480 e. The lowest BCUT2D eigenvalue weighted by Crippen LogP contribution is -2.58. The number of carbonyl (C=O) groups is 5. The Morgan fingerprint density at radius 1 is 1.10 bits per heavy atom. The molecule has 14 heteroatoms. The van der Waals surface area contributed by atoms with E-state index in [4.69, 9.17) is 16.6 Å². The molecule has 14 nitrogen and oxygen atoms in total. The number of aliphatic carboxylic acids is 1. The Labute approximate surface area is 177 Å². The van der Waals surface area contributed by atoms with Crippen molar-refractivity contribution in [2.45, 2.75) is 57.0 Å². The fraction of sp³-hybridized carbons (Fsp3) is 0.529. The number of nitrogens with zero attached hydrogens (tertiary/aromatic N) is 1. The van der Waals surface area contributed by atoms with Crippen LogP contribution in [0, 0.1) is 0 Å². The lowest BCUT2D eigenvalue weighted by atomic mass is 10.1. The van der Waals surface area contributed by atoms with Crippen LogP contribution >= 0.6 is 0 Å². The van der Waals surface area contributed by atoms with Crippen molar-refractivity contribution in [3.63, 3.8) is 0 Å². The van der Waals surface area contributed by atoms with E-state index in [1.807, 2.05) is 0 Å². The first kappa shape index (κ1) is 25.5. The predicted octanol–water partition coefficient (Wildman–Crippen LogP) is -3.91. The zero-order chi connectivity index (χ0) is 23.7. The van der Waals surface area contributed by atoms with E-state index in [1.165, 1.54) is 26.4 Å². The normalized spacial score (nSPS) is 15.6. The van der Waals surface area contributed by atoms with Crippen LogP contribution in [0.5, 0.6) is 0 Å². The van der Waals surface area contributed by atoms with Gasteiger partial charge in [-0.3, -0.25) is 19.2 Å². The Bertz CT molecular complexity index is 797. The van der Waals surface area contributed by atoms with E-state index in [9.17, 15) is 29.1 Å². The molecular formula is C17H27N7O7. The van der Waals surface area contributed by atoms with Crippen LogP contribution in [0.15, 0.2) is 12.5 Å². The number of carboxylic acid groups (broad SMARTS) is 1. The summed E-state index contributed by atoms with van der Waals surface area (Å²) in [5, 5.41) is 25.1. The lowest BCUT2D eigenvalue weighted by Gasteiger charge is -2.23. The van der Waals surface area contributed by atoms with E-state index < -0.39 is 66.3 Å². The standard InChI is InChI=1S/C17H27N7O7/c1-7(14(27)24-13(8(2)25)17(30)31)22-16(29)11(4-12(19)26)23-15(28)10(18)3-9-5-20-6-21-9/h5-8,10-11,13,25H,3-4,18H2,1-2H3,(H2,19,26)(H,20,21)(H,22,29)(H,23,28)(H,24,27)(H,30,31). The molecule has 1 aromatic heterocycles. The summed E-state index contributed by atoms with van der Waals surface area (Å²) in [5.74, 6) is -4.91. The van der Waals surface area contributed by atoms with E-state index >= 15 is 0 Å². The Kier molecular flexibility index (Phi) is 9.56. The van der Waals surface area contributed by atoms with Crippen molar-refractivity contribution in [3.05, 3.63) is 18.2 Å². The van der Waals surface area contributed by atoms with Crippen LogP contribution in [0.3, 0.4) is 0 Å². The number of carbonyl (C=O) groups excluding carboxylic acids is 4. The Morgan fingerprint density at radius 3 is 2.23 bits per heavy atom. The fourth-order valence-electron chi connectivity index (χ4n) is 2.46. The summed E-state index contributed by atoms with van der Waals surface area (Å²) >= 11 is 0. The molecule has 1 heterocycles. The molecule has 4 amide bonds. The van der Waals surface area contributed by atoms with Gasteiger partial charge in [0.15, 0.2) is 6.04 Å². The average Bonchev–Trinajstić information content (AvgIpc) is 3.17. The maximum absolute atomic E-state index is 12.5. The zero-order valence-electron chi connectivity index (χ0n) is 17.0. The highest BCUT2D eigenvalue weighted by Crippen LogP contribution is 2.00. The topological polar surface area (TPSA) is 243 Å². The van der Waals surface area contributed by atoms with Crippen LogP contribution in [-0.2, 0) is 30.4 Å². The number of hydrogen-bond acceptors (Lipinski definition) is 8. The molecule has 0 saturated carbocycles. The first-order valence-corrected chi connectivity index (χ1v) is 9.25. The third kappa shape index (κ3) is 8.39. The number of carboxylic acids is 1. The van der Waals surface area contributed by atoms with Gasteiger partial charge in [-0.25, -0.2) is 9.78 Å². The molecule has 31 heavy (non-hydrogen) atoms. The van der Waals surface area contributed by atoms with Gasteiger partial charge in [-0.1, -0.05) is 0 Å². The number of aliphatic hydroxyl groups excluding tert-OH is 1. The number of H-pyrrole nitrogens is 1. The lowest BCUT2D eigenvalue weighted by molar-refractivity contribution is -0.145. The Morgan fingerprint density at radius 2 is 1.74 bits per heavy atom. The van der Waals surface area contributed by atoms with E-state index in [2.05, 4.69) is 25.9 Å². The average molecular weight is 441 g/mol. The predicted molar refractivity (Wildman–Crippen MR) is 105 cm³/mol. The number of aromatic nitrogens is 2. The second kappa shape index (κ2) is 11.6. The molecular weight excluding hydrogens is 414 g/mol. The molecule has 10 N–H and O–H groups in total. The van der Waals surface area contributed by atoms with E-state index in [-0.39, 0.29) is 6.42 Å². The zero-order valence-corrected chi connectivity index (χ0v) is 17.0. The van der Waals surface area contributed by atoms with Crippen molar-refractivity contribution in [2.24, 2.45) is 11.5 Å². The van der Waals surface area contributed by atoms with Gasteiger partial charge >= 0.3 is 5.97 Å². The smallest absolute Gasteiger partial charge is 0.328 e. The third-order valence-electron chi connectivity index (χ3n) is 4.17. The van der Waals surface area contributed by atoms with Crippen molar-refractivity contribution < 1.29 is 34.2 Å². The number of hydrogen-bond donors (Lipinski definition) is 8. The minimum absolute atomic E-state index is 0.0888. The van der Waals surface area contributed by atoms with Gasteiger partial charge in [-0.05, 0) is 13.8 Å². The van der Waals surface area contributed by atoms with Gasteiger partial charge < -0.3 is 42.6 Å². The summed E-state index contributed by atoms with van der Waals surface area (Å²) in [6.45, 7) is 2.43. The number of rotatable bonds is 12. The molecule has 5 unspecified atom stereocenters. The van der Waals surface area contributed by atoms with Crippen molar-refractivity contribution in [1.29, 1.82) is 0 Å². The van der Waals surface area contributed by atoms with E-state index in [0.29, 0.717) is 5.69 Å². The second-order valence-electron chi connectivity index (χ2n) is 6.91. The second-order valence-corrected chi connectivity index (χ2v) is 6.91. The first-order valence-electron chi connectivity index (χ1n) is 9.25. The molecule has 0 bridgehead atoms. The molecule has 0 aliphatic rings. The number of nitrogens with one attached hydrogen (secondary N) is 4. The van der Waals surface area contributed by atoms with Crippen LogP contribution in [-0.4, -0.2) is 80.1 Å². The summed E-state index contributed by atoms with van der Waals surface area (Å²) in [4.78, 5) is 65.9. The highest BCUT2D eigenvalue weighted by atomic mass is 16.4. The third-order valence-corrected chi connectivity index (χ3v) is 4.17. The number of amides is 4. The highest BCUT2D eigenvalue weighted by molar-refractivity contribution is 5.96. The van der Waals surface area contributed by atoms with Crippen LogP contribution < -0.4 is 27.4 Å². The van der Waals surface area contributed by atoms with Gasteiger partial charge in [-0.2, -0.15) is 0 Å². The molecule has 0 radical (unpaired) electrons. The van der Waals surface area contributed by atoms with Crippen LogP contribution in [0.4, 0.5) is 0 Å². The summed E-state index contributed by atoms with van der Waals surface area (Å²) in [6.07, 6.45) is 1.02. The Hall–Kier alpha value is -3.52. The van der Waals surface area contributed by atoms with Gasteiger partial charge in [0.2, 0.25) is 23.6 Å². The molecule has 1 aromatic rings. The van der Waals surface area contributed by atoms with Gasteiger partial charge in [0.1, 0.15) is 12.1 Å². The SMILES string of the molecule is CC(NC(=O)C(CC(N)=O)NC(=O)C(N)Cc1cnc[nH]1)C(=O)NC(C(=O)O)C(C)O. The molecule has 0 aliphatic carbocycles. The maximum atomic E-state index is 12.5. The quantitative estimate of drug-likeness (QED) is 0.158. The number of imidazole rings is 1. The van der Waals surface area contributed by atoms with Gasteiger partial charge in [0.25, 0.3) is 0 Å². The summed E-state index contributed by atoms with van der Waals surface area (Å²) in [6, 6.07) is -5.32. The summed E-state index contributed by atoms with van der Waals surface area (Å²) in [5.41, 5.74) is 11.5. The number of aliphatic hydroxyl groups is 1. The fourth-order valence-corrected chi connectivity index (χ4v) is 2.46. The number of primary amides is 1. The minimum Gasteiger partial charge on any atom is -0.480 e. The van der Waals surface area contributed by atoms with E-state index in [1.54, 1.807) is 0 Å². The van der Waals surface area contributed by atoms with Crippen LogP contribution in [0.2, 0.25) is 0 Å². The van der Waals surface area contributed by atoms with Crippen LogP contribution in [0.1, 0.15) is 26.0 Å². The van der Waals surface area contributed by atoms with Crippen molar-refractivity contribution >= 4 is 29.6 Å². The van der Waals surface area contributed by atoms with Crippen molar-refractivity contribution in [2.75, 3.05) is 0 Å². The summed E-state index contributed by atoms with van der Waals surface area (Å²) < 4.78 is 0. The molecule has 0 aliphatic heterocycles. The molecule has 1 rings (SSSR count). The molecule has 5 atom stereocenters. The first-order chi connectivity index (χ1) is 14.4. The van der Waals surface area contributed by atoms with Gasteiger partial charge in [0.05, 0.1) is 24.9 Å². The number of nitrogens with two attached hydrogens (primary N) is 2. The maximum Gasteiger partial charge on any atom is 0.328 e. The highest BCUT2D eigenvalue weighted by Gasteiger charge is 2.30. The summed E-state index contributed by atoms with van der Waals surface area (Å²) in [7, 11) is 0.